The first-order valence-corrected chi connectivity index (χ1v) is 6.75. The smallest absolute Gasteiger partial charge is 0.152 e. The van der Waals surface area contributed by atoms with Gasteiger partial charge in [-0.1, -0.05) is 39.0 Å². The minimum Gasteiger partial charge on any atom is -0.159 e. The molecule has 0 saturated heterocycles. The second-order valence-corrected chi connectivity index (χ2v) is 5.14. The van der Waals surface area contributed by atoms with Crippen molar-refractivity contribution in [2.75, 3.05) is 0 Å². The fourth-order valence-corrected chi connectivity index (χ4v) is 2.52. The standard InChI is InChI=1S/C12H21BS/c1-2-3-4-5-6-7-8-11-9-10-14-12(11)13/h9-10H,2-8,13H2,1H3. The van der Waals surface area contributed by atoms with Crippen molar-refractivity contribution in [3.63, 3.8) is 0 Å². The molecule has 0 radical (unpaired) electrons. The van der Waals surface area contributed by atoms with E-state index in [4.69, 9.17) is 0 Å². The fourth-order valence-electron chi connectivity index (χ4n) is 1.77. The van der Waals surface area contributed by atoms with Crippen LogP contribution in [0.25, 0.3) is 0 Å². The zero-order chi connectivity index (χ0) is 10.2. The van der Waals surface area contributed by atoms with Crippen LogP contribution in [0, 0.1) is 0 Å². The average molecular weight is 208 g/mol. The van der Waals surface area contributed by atoms with E-state index in [0.717, 1.165) is 0 Å². The lowest BCUT2D eigenvalue weighted by molar-refractivity contribution is 0.608. The normalized spacial score (nSPS) is 10.6. The van der Waals surface area contributed by atoms with Crippen LogP contribution in [0.5, 0.6) is 0 Å². The summed E-state index contributed by atoms with van der Waals surface area (Å²) in [5, 5.41) is 2.21. The highest BCUT2D eigenvalue weighted by molar-refractivity contribution is 7.18. The van der Waals surface area contributed by atoms with Gasteiger partial charge in [0, 0.05) is 0 Å². The van der Waals surface area contributed by atoms with Gasteiger partial charge in [0.2, 0.25) is 0 Å². The van der Waals surface area contributed by atoms with Gasteiger partial charge >= 0.3 is 0 Å². The monoisotopic (exact) mass is 208 g/mol. The van der Waals surface area contributed by atoms with E-state index < -0.39 is 0 Å². The number of hydrogen-bond donors (Lipinski definition) is 0. The van der Waals surface area contributed by atoms with E-state index in [-0.39, 0.29) is 0 Å². The molecule has 0 saturated carbocycles. The third kappa shape index (κ3) is 4.32. The number of rotatable bonds is 7. The number of unbranched alkanes of at least 4 members (excludes halogenated alkanes) is 5. The van der Waals surface area contributed by atoms with Crippen molar-refractivity contribution < 1.29 is 0 Å². The Bertz CT molecular complexity index is 242. The van der Waals surface area contributed by atoms with Gasteiger partial charge in [0.15, 0.2) is 7.85 Å². The van der Waals surface area contributed by atoms with Crippen molar-refractivity contribution >= 4 is 24.0 Å². The average Bonchev–Trinajstić information content (AvgIpc) is 2.58. The van der Waals surface area contributed by atoms with Gasteiger partial charge in [0.1, 0.15) is 0 Å². The van der Waals surface area contributed by atoms with Crippen molar-refractivity contribution in [3.05, 3.63) is 17.0 Å². The van der Waals surface area contributed by atoms with Gasteiger partial charge in [0.05, 0.1) is 0 Å². The number of aryl methyl sites for hydroxylation is 1. The molecule has 2 heteroatoms. The highest BCUT2D eigenvalue weighted by Crippen LogP contribution is 2.10. The molecule has 0 N–H and O–H groups in total. The molecule has 1 aromatic rings. The van der Waals surface area contributed by atoms with Crippen molar-refractivity contribution in [1.82, 2.24) is 0 Å². The SMILES string of the molecule is Bc1sccc1CCCCCCCC. The Balaban J connectivity index is 2.02. The van der Waals surface area contributed by atoms with Crippen LogP contribution in [0.1, 0.15) is 51.0 Å². The molecule has 78 valence electrons. The fraction of sp³-hybridized carbons (Fsp3) is 0.667. The first kappa shape index (κ1) is 11.8. The molecule has 0 nitrogen and oxygen atoms in total. The number of thiophene rings is 1. The Hall–Kier alpha value is -0.235. The molecule has 14 heavy (non-hydrogen) atoms. The van der Waals surface area contributed by atoms with E-state index in [1.807, 2.05) is 11.3 Å². The summed E-state index contributed by atoms with van der Waals surface area (Å²) in [7, 11) is 2.23. The highest BCUT2D eigenvalue weighted by Gasteiger charge is 1.98. The molecule has 1 heterocycles. The lowest BCUT2D eigenvalue weighted by Crippen LogP contribution is -2.02. The van der Waals surface area contributed by atoms with E-state index in [1.165, 1.54) is 49.7 Å². The van der Waals surface area contributed by atoms with E-state index >= 15 is 0 Å². The minimum absolute atomic E-state index is 1.29. The molecule has 0 spiro atoms. The van der Waals surface area contributed by atoms with Gasteiger partial charge in [-0.2, -0.15) is 11.3 Å². The zero-order valence-corrected chi connectivity index (χ0v) is 10.3. The Kier molecular flexibility index (Phi) is 6.01. The maximum atomic E-state index is 2.28. The van der Waals surface area contributed by atoms with Crippen LogP contribution < -0.4 is 4.78 Å². The molecule has 0 fully saturated rings. The van der Waals surface area contributed by atoms with Gasteiger partial charge in [0.25, 0.3) is 0 Å². The van der Waals surface area contributed by atoms with Gasteiger partial charge in [-0.25, -0.2) is 0 Å². The van der Waals surface area contributed by atoms with E-state index in [9.17, 15) is 0 Å². The molecule has 0 atom stereocenters. The predicted molar refractivity (Wildman–Crippen MR) is 69.6 cm³/mol. The third-order valence-electron chi connectivity index (χ3n) is 2.77. The number of hydrogen-bond acceptors (Lipinski definition) is 1. The maximum absolute atomic E-state index is 2.28. The predicted octanol–water partition coefficient (Wildman–Crippen LogP) is 2.91. The highest BCUT2D eigenvalue weighted by atomic mass is 32.1. The molecule has 0 aliphatic rings. The molecule has 0 aliphatic carbocycles. The molecule has 1 aromatic heterocycles. The van der Waals surface area contributed by atoms with Gasteiger partial charge in [-0.3, -0.25) is 0 Å². The molecule has 1 rings (SSSR count). The summed E-state index contributed by atoms with van der Waals surface area (Å²) < 4.78 is 1.51. The third-order valence-corrected chi connectivity index (χ3v) is 3.65. The minimum atomic E-state index is 1.29. The Morgan fingerprint density at radius 3 is 2.50 bits per heavy atom. The summed E-state index contributed by atoms with van der Waals surface area (Å²) in [5.74, 6) is 0. The molecule has 0 bridgehead atoms. The molecule has 0 aromatic carbocycles. The first-order valence-electron chi connectivity index (χ1n) is 5.87. The summed E-state index contributed by atoms with van der Waals surface area (Å²) in [4.78, 5) is 0. The zero-order valence-electron chi connectivity index (χ0n) is 9.51. The van der Waals surface area contributed by atoms with Gasteiger partial charge in [-0.05, 0) is 34.6 Å². The topological polar surface area (TPSA) is 0 Å². The largest absolute Gasteiger partial charge is 0.159 e. The van der Waals surface area contributed by atoms with Crippen LogP contribution in [0.4, 0.5) is 0 Å². The second-order valence-electron chi connectivity index (χ2n) is 4.02. The Morgan fingerprint density at radius 1 is 1.14 bits per heavy atom. The van der Waals surface area contributed by atoms with E-state index in [1.54, 1.807) is 5.56 Å². The summed E-state index contributed by atoms with van der Waals surface area (Å²) >= 11 is 1.88. The van der Waals surface area contributed by atoms with Crippen LogP contribution in [-0.2, 0) is 6.42 Å². The molecule has 0 amide bonds. The van der Waals surface area contributed by atoms with Crippen LogP contribution in [0.2, 0.25) is 0 Å². The molecular weight excluding hydrogens is 187 g/mol. The van der Waals surface area contributed by atoms with Gasteiger partial charge in [-0.15, -0.1) is 0 Å². The molecule has 0 unspecified atom stereocenters. The van der Waals surface area contributed by atoms with Crippen molar-refractivity contribution in [2.24, 2.45) is 0 Å². The quantitative estimate of drug-likeness (QED) is 0.477. The Labute approximate surface area is 93.1 Å². The summed E-state index contributed by atoms with van der Waals surface area (Å²) in [6.07, 6.45) is 9.70. The van der Waals surface area contributed by atoms with Crippen LogP contribution in [0.3, 0.4) is 0 Å². The molecular formula is C12H21BS. The second kappa shape index (κ2) is 7.11. The first-order chi connectivity index (χ1) is 6.84. The van der Waals surface area contributed by atoms with Crippen LogP contribution in [-0.4, -0.2) is 7.85 Å². The van der Waals surface area contributed by atoms with E-state index in [2.05, 4.69) is 26.2 Å². The van der Waals surface area contributed by atoms with Crippen LogP contribution in [0.15, 0.2) is 11.4 Å². The summed E-state index contributed by atoms with van der Waals surface area (Å²) in [5.41, 5.74) is 1.57. The van der Waals surface area contributed by atoms with E-state index in [0.29, 0.717) is 0 Å². The van der Waals surface area contributed by atoms with Crippen molar-refractivity contribution in [1.29, 1.82) is 0 Å². The molecule has 0 aliphatic heterocycles. The lowest BCUT2D eigenvalue weighted by atomic mass is 9.98. The summed E-state index contributed by atoms with van der Waals surface area (Å²) in [6, 6.07) is 2.28. The van der Waals surface area contributed by atoms with Gasteiger partial charge < -0.3 is 0 Å². The van der Waals surface area contributed by atoms with Crippen molar-refractivity contribution in [3.8, 4) is 0 Å². The lowest BCUT2D eigenvalue weighted by Gasteiger charge is -2.00. The Morgan fingerprint density at radius 2 is 1.86 bits per heavy atom. The van der Waals surface area contributed by atoms with Crippen LogP contribution >= 0.6 is 11.3 Å². The maximum Gasteiger partial charge on any atom is 0.152 e. The summed E-state index contributed by atoms with van der Waals surface area (Å²) in [6.45, 7) is 2.27. The van der Waals surface area contributed by atoms with Crippen molar-refractivity contribution in [2.45, 2.75) is 51.9 Å².